The number of fused-ring (bicyclic) bond motifs is 11. The van der Waals surface area contributed by atoms with Crippen molar-refractivity contribution in [2.45, 2.75) is 0 Å². The molecule has 4 aliphatic carbocycles. The van der Waals surface area contributed by atoms with E-state index < -0.39 is 5.41 Å². The van der Waals surface area contributed by atoms with Gasteiger partial charge in [0.1, 0.15) is 22.6 Å². The van der Waals surface area contributed by atoms with E-state index >= 15 is 0 Å². The highest BCUT2D eigenvalue weighted by atomic mass is 16.3. The summed E-state index contributed by atoms with van der Waals surface area (Å²) >= 11 is 0. The maximum atomic E-state index is 6.58. The molecule has 0 amide bonds. The fourth-order valence-corrected chi connectivity index (χ4v) is 9.55. The molecular formula is C52H31N3O. The van der Waals surface area contributed by atoms with E-state index in [2.05, 4.69) is 175 Å². The van der Waals surface area contributed by atoms with E-state index in [1.165, 1.54) is 44.5 Å². The van der Waals surface area contributed by atoms with Crippen LogP contribution in [0.5, 0.6) is 0 Å². The minimum Gasteiger partial charge on any atom is -0.456 e. The van der Waals surface area contributed by atoms with Gasteiger partial charge in [-0.3, -0.25) is 0 Å². The SMILES string of the molecule is C1=CC2(C3=Cc4ccccc4C3=C1)C1=Cc3ccccc3C1=CC=C2c1c(-c2ccccc2)nnnc1-c1c(-c2ccccc2)ccc2oc3ccccc3c12. The second-order valence-corrected chi connectivity index (χ2v) is 14.8. The molecule has 0 N–H and O–H groups in total. The Balaban J connectivity index is 1.24. The van der Waals surface area contributed by atoms with Crippen LogP contribution in [0.2, 0.25) is 0 Å². The lowest BCUT2D eigenvalue weighted by molar-refractivity contribution is 0.669. The fourth-order valence-electron chi connectivity index (χ4n) is 9.55. The zero-order chi connectivity index (χ0) is 36.8. The van der Waals surface area contributed by atoms with Crippen LogP contribution in [0.1, 0.15) is 27.8 Å². The molecule has 4 nitrogen and oxygen atoms in total. The molecule has 8 aromatic rings. The third kappa shape index (κ3) is 4.27. The monoisotopic (exact) mass is 713 g/mol. The lowest BCUT2D eigenvalue weighted by atomic mass is 9.59. The summed E-state index contributed by atoms with van der Waals surface area (Å²) in [5.41, 5.74) is 18.5. The fraction of sp³-hybridized carbons (Fsp3) is 0.0192. The topological polar surface area (TPSA) is 51.8 Å². The molecule has 260 valence electrons. The highest BCUT2D eigenvalue weighted by Crippen LogP contribution is 2.65. The van der Waals surface area contributed by atoms with E-state index in [0.717, 1.165) is 66.7 Å². The van der Waals surface area contributed by atoms with Crippen molar-refractivity contribution in [2.24, 2.45) is 5.41 Å². The number of hydrogen-bond acceptors (Lipinski definition) is 4. The maximum Gasteiger partial charge on any atom is 0.136 e. The van der Waals surface area contributed by atoms with Crippen molar-refractivity contribution >= 4 is 50.8 Å². The Morgan fingerprint density at radius 3 is 1.82 bits per heavy atom. The van der Waals surface area contributed by atoms with E-state index in [1.54, 1.807) is 0 Å². The molecule has 0 bridgehead atoms. The van der Waals surface area contributed by atoms with Crippen molar-refractivity contribution in [1.29, 1.82) is 0 Å². The summed E-state index contributed by atoms with van der Waals surface area (Å²) < 4.78 is 6.58. The molecule has 1 atom stereocenters. The third-order valence-corrected chi connectivity index (χ3v) is 11.9. The van der Waals surface area contributed by atoms with E-state index in [9.17, 15) is 0 Å². The van der Waals surface area contributed by atoms with Gasteiger partial charge in [-0.2, -0.15) is 0 Å². The average Bonchev–Trinajstić information content (AvgIpc) is 3.97. The standard InChI is InChI=1S/C52H31N3O/c1-3-14-32(15-4-1)38-26-28-46-47(41-22-11-12-24-45(41)56-46)48(38)51-49(50(53-55-54-51)33-16-5-2-6-17-33)42-27-25-40-37-21-10-8-19-35(37)31-44(40)52(42)29-13-23-39-36-20-9-7-18-34(36)30-43(39)52/h1-31H. The quantitative estimate of drug-likeness (QED) is 0.182. The predicted molar refractivity (Wildman–Crippen MR) is 228 cm³/mol. The molecule has 12 rings (SSSR count). The molecule has 0 radical (unpaired) electrons. The van der Waals surface area contributed by atoms with Gasteiger partial charge in [-0.25, -0.2) is 0 Å². The van der Waals surface area contributed by atoms with Crippen LogP contribution in [0.4, 0.5) is 0 Å². The summed E-state index contributed by atoms with van der Waals surface area (Å²) in [5, 5.41) is 16.7. The first-order chi connectivity index (χ1) is 27.8. The van der Waals surface area contributed by atoms with E-state index in [-0.39, 0.29) is 0 Å². The number of nitrogens with zero attached hydrogens (tertiary/aromatic N) is 3. The Bertz CT molecular complexity index is 3150. The predicted octanol–water partition coefficient (Wildman–Crippen LogP) is 12.7. The summed E-state index contributed by atoms with van der Waals surface area (Å²) in [6.07, 6.45) is 16.3. The van der Waals surface area contributed by atoms with E-state index in [4.69, 9.17) is 14.6 Å². The Kier molecular flexibility index (Phi) is 6.52. The number of aromatic nitrogens is 3. The zero-order valence-electron chi connectivity index (χ0n) is 30.1. The van der Waals surface area contributed by atoms with Crippen LogP contribution in [0.3, 0.4) is 0 Å². The molecule has 0 saturated heterocycles. The van der Waals surface area contributed by atoms with Gasteiger partial charge in [0.15, 0.2) is 0 Å². The summed E-state index contributed by atoms with van der Waals surface area (Å²) in [4.78, 5) is 0. The van der Waals surface area contributed by atoms with Gasteiger partial charge in [0.2, 0.25) is 0 Å². The highest BCUT2D eigenvalue weighted by Gasteiger charge is 2.50. The highest BCUT2D eigenvalue weighted by molar-refractivity contribution is 6.18. The lowest BCUT2D eigenvalue weighted by Gasteiger charge is -2.42. The molecule has 4 aliphatic rings. The van der Waals surface area contributed by atoms with Crippen LogP contribution >= 0.6 is 0 Å². The van der Waals surface area contributed by atoms with Crippen LogP contribution in [0.25, 0.3) is 84.5 Å². The molecule has 56 heavy (non-hydrogen) atoms. The number of benzene rings is 6. The van der Waals surface area contributed by atoms with Crippen molar-refractivity contribution in [3.8, 4) is 33.6 Å². The van der Waals surface area contributed by atoms with Crippen LogP contribution in [0.15, 0.2) is 192 Å². The lowest BCUT2D eigenvalue weighted by Crippen LogP contribution is -2.29. The molecule has 0 fully saturated rings. The van der Waals surface area contributed by atoms with Crippen LogP contribution < -0.4 is 0 Å². The summed E-state index contributed by atoms with van der Waals surface area (Å²) in [6.45, 7) is 0. The molecule has 6 aromatic carbocycles. The minimum atomic E-state index is -0.686. The molecule has 4 heteroatoms. The van der Waals surface area contributed by atoms with Gasteiger partial charge in [0, 0.05) is 27.5 Å². The summed E-state index contributed by atoms with van der Waals surface area (Å²) in [6, 6.07) is 51.0. The van der Waals surface area contributed by atoms with Crippen LogP contribution in [-0.2, 0) is 0 Å². The molecule has 0 saturated carbocycles. The third-order valence-electron chi connectivity index (χ3n) is 11.9. The van der Waals surface area contributed by atoms with E-state index in [1.807, 2.05) is 18.2 Å². The molecule has 0 aliphatic heterocycles. The van der Waals surface area contributed by atoms with Gasteiger partial charge in [0.05, 0.1) is 5.41 Å². The normalized spacial score (nSPS) is 17.5. The second-order valence-electron chi connectivity index (χ2n) is 14.8. The minimum absolute atomic E-state index is 0.686. The van der Waals surface area contributed by atoms with Gasteiger partial charge in [-0.05, 0) is 96.8 Å². The van der Waals surface area contributed by atoms with Crippen molar-refractivity contribution in [3.63, 3.8) is 0 Å². The van der Waals surface area contributed by atoms with Crippen LogP contribution in [0, 0.1) is 5.41 Å². The average molecular weight is 714 g/mol. The number of para-hydroxylation sites is 1. The number of hydrogen-bond donors (Lipinski definition) is 0. The first-order valence-corrected chi connectivity index (χ1v) is 19.0. The van der Waals surface area contributed by atoms with Gasteiger partial charge in [0.25, 0.3) is 0 Å². The Morgan fingerprint density at radius 1 is 0.446 bits per heavy atom. The number of furan rings is 1. The Labute approximate surface area is 323 Å². The Hall–Kier alpha value is -7.43. The van der Waals surface area contributed by atoms with Crippen molar-refractivity contribution < 1.29 is 4.42 Å². The molecule has 2 aromatic heterocycles. The van der Waals surface area contributed by atoms with Gasteiger partial charge in [-0.15, -0.1) is 10.2 Å². The number of allylic oxidation sites excluding steroid dienone is 10. The molecule has 1 unspecified atom stereocenters. The molecular weight excluding hydrogens is 683 g/mol. The maximum absolute atomic E-state index is 6.58. The largest absolute Gasteiger partial charge is 0.456 e. The van der Waals surface area contributed by atoms with Crippen molar-refractivity contribution in [1.82, 2.24) is 15.4 Å². The first-order valence-electron chi connectivity index (χ1n) is 19.0. The van der Waals surface area contributed by atoms with Crippen molar-refractivity contribution in [2.75, 3.05) is 0 Å². The van der Waals surface area contributed by atoms with Crippen molar-refractivity contribution in [3.05, 3.63) is 215 Å². The van der Waals surface area contributed by atoms with Gasteiger partial charge >= 0.3 is 0 Å². The Morgan fingerprint density at radius 2 is 1.07 bits per heavy atom. The van der Waals surface area contributed by atoms with Crippen LogP contribution in [-0.4, -0.2) is 15.4 Å². The van der Waals surface area contributed by atoms with Gasteiger partial charge < -0.3 is 4.42 Å². The number of rotatable bonds is 4. The molecule has 2 heterocycles. The second kappa shape index (κ2) is 11.8. The first kappa shape index (κ1) is 31.0. The summed E-state index contributed by atoms with van der Waals surface area (Å²) in [5.74, 6) is 0. The smallest absolute Gasteiger partial charge is 0.136 e. The zero-order valence-corrected chi connectivity index (χ0v) is 30.1. The van der Waals surface area contributed by atoms with Gasteiger partial charge in [-0.1, -0.05) is 158 Å². The molecule has 1 spiro atoms. The summed E-state index contributed by atoms with van der Waals surface area (Å²) in [7, 11) is 0. The van der Waals surface area contributed by atoms with E-state index in [0.29, 0.717) is 0 Å².